The smallest absolute Gasteiger partial charge is 0.337 e. The minimum absolute atomic E-state index is 0.400. The Hall–Kier alpha value is -2.65. The normalized spacial score (nSPS) is 19.3. The van der Waals surface area contributed by atoms with Crippen molar-refractivity contribution in [1.29, 1.82) is 0 Å². The maximum Gasteiger partial charge on any atom is 0.337 e. The first-order valence-electron chi connectivity index (χ1n) is 11.0. The summed E-state index contributed by atoms with van der Waals surface area (Å²) in [6.45, 7) is 4.21. The van der Waals surface area contributed by atoms with E-state index in [1.54, 1.807) is 16.7 Å². The van der Waals surface area contributed by atoms with Crippen molar-refractivity contribution in [3.63, 3.8) is 0 Å². The molecule has 1 aromatic carbocycles. The van der Waals surface area contributed by atoms with E-state index in [0.717, 1.165) is 36.9 Å². The average Bonchev–Trinajstić information content (AvgIpc) is 3.09. The van der Waals surface area contributed by atoms with Crippen LogP contribution in [0.5, 0.6) is 0 Å². The van der Waals surface area contributed by atoms with E-state index in [2.05, 4.69) is 10.2 Å². The summed E-state index contributed by atoms with van der Waals surface area (Å²) in [4.78, 5) is 41.4. The number of para-hydroxylation sites is 2. The number of morpholine rings is 1. The number of nitrogens with one attached hydrogen (secondary N) is 1. The number of carbonyl (C=O) groups is 2. The van der Waals surface area contributed by atoms with Crippen molar-refractivity contribution in [2.24, 2.45) is 0 Å². The Morgan fingerprint density at radius 3 is 2.42 bits per heavy atom. The highest BCUT2D eigenvalue weighted by Gasteiger charge is 2.42. The molecule has 1 amide bonds. The molecule has 0 atom stereocenters. The number of rotatable bonds is 5. The lowest BCUT2D eigenvalue weighted by molar-refractivity contribution is -0.149. The molecule has 0 unspecified atom stereocenters. The predicted molar refractivity (Wildman–Crippen MR) is 115 cm³/mol. The first-order valence-corrected chi connectivity index (χ1v) is 11.0. The molecule has 9 nitrogen and oxygen atoms in total. The van der Waals surface area contributed by atoms with Gasteiger partial charge in [-0.05, 0) is 25.0 Å². The first kappa shape index (κ1) is 21.6. The lowest BCUT2D eigenvalue weighted by atomic mass is 9.81. The van der Waals surface area contributed by atoms with Crippen LogP contribution in [0.2, 0.25) is 0 Å². The lowest BCUT2D eigenvalue weighted by Crippen LogP contribution is -2.58. The van der Waals surface area contributed by atoms with Crippen LogP contribution < -0.4 is 11.0 Å². The van der Waals surface area contributed by atoms with Gasteiger partial charge in [-0.15, -0.1) is 0 Å². The van der Waals surface area contributed by atoms with Crippen molar-refractivity contribution < 1.29 is 19.1 Å². The number of ether oxygens (including phenoxy) is 2. The number of aromatic nitrogens is 2. The zero-order valence-corrected chi connectivity index (χ0v) is 18.0. The van der Waals surface area contributed by atoms with Gasteiger partial charge in [-0.2, -0.15) is 0 Å². The molecule has 2 fully saturated rings. The van der Waals surface area contributed by atoms with Gasteiger partial charge in [0, 0.05) is 26.2 Å². The molecular formula is C22H30N4O5. The minimum Gasteiger partial charge on any atom is -0.467 e. The van der Waals surface area contributed by atoms with E-state index in [4.69, 9.17) is 9.47 Å². The summed E-state index contributed by atoms with van der Waals surface area (Å²) >= 11 is 0. The maximum atomic E-state index is 13.3. The van der Waals surface area contributed by atoms with Gasteiger partial charge in [0.2, 0.25) is 0 Å². The molecule has 0 spiro atoms. The molecule has 2 heterocycles. The van der Waals surface area contributed by atoms with E-state index in [9.17, 15) is 14.4 Å². The third-order valence-electron chi connectivity index (χ3n) is 6.41. The van der Waals surface area contributed by atoms with Crippen molar-refractivity contribution in [3.05, 3.63) is 34.7 Å². The zero-order valence-electron chi connectivity index (χ0n) is 18.0. The quantitative estimate of drug-likeness (QED) is 0.724. The van der Waals surface area contributed by atoms with Crippen molar-refractivity contribution in [2.45, 2.75) is 44.2 Å². The van der Waals surface area contributed by atoms with Crippen LogP contribution in [0, 0.1) is 0 Å². The molecule has 0 bridgehead atoms. The van der Waals surface area contributed by atoms with Crippen molar-refractivity contribution in [2.75, 3.05) is 40.0 Å². The molecule has 2 aliphatic rings. The van der Waals surface area contributed by atoms with Gasteiger partial charge in [-0.1, -0.05) is 31.4 Å². The van der Waals surface area contributed by atoms with Crippen LogP contribution in [-0.4, -0.2) is 71.5 Å². The van der Waals surface area contributed by atoms with Gasteiger partial charge in [0.25, 0.3) is 0 Å². The van der Waals surface area contributed by atoms with E-state index in [-0.39, 0.29) is 0 Å². The summed E-state index contributed by atoms with van der Waals surface area (Å²) in [6.07, 6.45) is 3.68. The highest BCUT2D eigenvalue weighted by Crippen LogP contribution is 2.29. The van der Waals surface area contributed by atoms with Gasteiger partial charge < -0.3 is 14.8 Å². The summed E-state index contributed by atoms with van der Waals surface area (Å²) in [5.41, 5.74) is -0.252. The number of methoxy groups -OCH3 is 1. The average molecular weight is 431 g/mol. The number of hydrogen-bond acceptors (Lipinski definition) is 6. The van der Waals surface area contributed by atoms with Crippen LogP contribution in [-0.2, 0) is 20.8 Å². The number of carbonyl (C=O) groups excluding carboxylic acids is 2. The highest BCUT2D eigenvalue weighted by atomic mass is 16.5. The predicted octanol–water partition coefficient (Wildman–Crippen LogP) is 1.57. The van der Waals surface area contributed by atoms with E-state index in [0.29, 0.717) is 50.2 Å². The molecule has 31 heavy (non-hydrogen) atoms. The largest absolute Gasteiger partial charge is 0.467 e. The minimum atomic E-state index is -1.08. The number of imidazole rings is 1. The monoisotopic (exact) mass is 430 g/mol. The van der Waals surface area contributed by atoms with Gasteiger partial charge in [-0.25, -0.2) is 19.0 Å². The van der Waals surface area contributed by atoms with Crippen LogP contribution in [0.3, 0.4) is 0 Å². The Morgan fingerprint density at radius 2 is 1.74 bits per heavy atom. The Morgan fingerprint density at radius 1 is 1.06 bits per heavy atom. The van der Waals surface area contributed by atoms with Gasteiger partial charge in [-0.3, -0.25) is 9.47 Å². The van der Waals surface area contributed by atoms with E-state index in [1.807, 2.05) is 12.1 Å². The Balaban J connectivity index is 1.63. The summed E-state index contributed by atoms with van der Waals surface area (Å²) < 4.78 is 13.2. The van der Waals surface area contributed by atoms with Crippen molar-refractivity contribution >= 4 is 23.0 Å². The summed E-state index contributed by atoms with van der Waals surface area (Å²) in [6, 6.07) is 6.67. The standard InChI is InChI=1S/C22H30N4O5/c1-30-19(27)22(9-5-2-6-10-22)23-20(28)26-18-8-4-3-7-17(18)25(21(26)29)12-11-24-13-15-31-16-14-24/h3-4,7-8H,2,5-6,9-16H2,1H3,(H,23,28). The van der Waals surface area contributed by atoms with E-state index < -0.39 is 23.2 Å². The number of esters is 1. The van der Waals surface area contributed by atoms with Crippen LogP contribution in [0.25, 0.3) is 11.0 Å². The first-order chi connectivity index (χ1) is 15.1. The number of benzene rings is 1. The Kier molecular flexibility index (Phi) is 6.43. The summed E-state index contributed by atoms with van der Waals surface area (Å²) in [5.74, 6) is -0.454. The van der Waals surface area contributed by atoms with Gasteiger partial charge in [0.1, 0.15) is 5.54 Å². The fraction of sp³-hybridized carbons (Fsp3) is 0.591. The van der Waals surface area contributed by atoms with Crippen molar-refractivity contribution in [3.8, 4) is 0 Å². The second-order valence-electron chi connectivity index (χ2n) is 8.28. The molecule has 168 valence electrons. The Labute approximate surface area is 180 Å². The topological polar surface area (TPSA) is 94.8 Å². The van der Waals surface area contributed by atoms with Crippen LogP contribution in [0.15, 0.2) is 29.1 Å². The molecule has 0 radical (unpaired) electrons. The fourth-order valence-corrected chi connectivity index (χ4v) is 4.68. The molecule has 1 aliphatic heterocycles. The Bertz CT molecular complexity index is 999. The van der Waals surface area contributed by atoms with Crippen LogP contribution >= 0.6 is 0 Å². The van der Waals surface area contributed by atoms with Crippen molar-refractivity contribution in [1.82, 2.24) is 19.4 Å². The van der Waals surface area contributed by atoms with Crippen LogP contribution in [0.1, 0.15) is 32.1 Å². The molecule has 4 rings (SSSR count). The SMILES string of the molecule is COC(=O)C1(NC(=O)n2c(=O)n(CCN3CCOCC3)c3ccccc32)CCCCC1. The van der Waals surface area contributed by atoms with Gasteiger partial charge in [0.15, 0.2) is 0 Å². The molecule has 2 aromatic rings. The second kappa shape index (κ2) is 9.23. The number of nitrogens with zero attached hydrogens (tertiary/aromatic N) is 3. The van der Waals surface area contributed by atoms with E-state index in [1.165, 1.54) is 7.11 Å². The molecule has 1 N–H and O–H groups in total. The zero-order chi connectivity index (χ0) is 21.8. The number of fused-ring (bicyclic) bond motifs is 1. The fourth-order valence-electron chi connectivity index (χ4n) is 4.68. The molecule has 1 aliphatic carbocycles. The van der Waals surface area contributed by atoms with Crippen LogP contribution in [0.4, 0.5) is 4.79 Å². The summed E-state index contributed by atoms with van der Waals surface area (Å²) in [7, 11) is 1.33. The second-order valence-corrected chi connectivity index (χ2v) is 8.28. The third kappa shape index (κ3) is 4.24. The molecule has 1 aromatic heterocycles. The van der Waals surface area contributed by atoms with Gasteiger partial charge in [0.05, 0.1) is 31.4 Å². The number of amides is 1. The molecular weight excluding hydrogens is 400 g/mol. The summed E-state index contributed by atoms with van der Waals surface area (Å²) in [5, 5.41) is 2.86. The maximum absolute atomic E-state index is 13.3. The van der Waals surface area contributed by atoms with E-state index >= 15 is 0 Å². The molecule has 9 heteroatoms. The molecule has 1 saturated heterocycles. The van der Waals surface area contributed by atoms with Gasteiger partial charge >= 0.3 is 17.7 Å². The lowest BCUT2D eigenvalue weighted by Gasteiger charge is -2.35. The molecule has 1 saturated carbocycles. The number of hydrogen-bond donors (Lipinski definition) is 1. The highest BCUT2D eigenvalue weighted by molar-refractivity contribution is 5.93. The third-order valence-corrected chi connectivity index (χ3v) is 6.41.